The molecule has 0 unspecified atom stereocenters. The van der Waals surface area contributed by atoms with E-state index in [1.54, 1.807) is 7.11 Å². The summed E-state index contributed by atoms with van der Waals surface area (Å²) in [5.74, 6) is 0.885. The Balaban J connectivity index is 2.73. The van der Waals surface area contributed by atoms with Gasteiger partial charge in [-0.2, -0.15) is 0 Å². The van der Waals surface area contributed by atoms with E-state index in [1.165, 1.54) is 5.69 Å². The first-order valence-electron chi connectivity index (χ1n) is 4.24. The van der Waals surface area contributed by atoms with Gasteiger partial charge in [0, 0.05) is 19.3 Å². The molecule has 0 N–H and O–H groups in total. The van der Waals surface area contributed by atoms with Crippen molar-refractivity contribution in [3.63, 3.8) is 0 Å². The van der Waals surface area contributed by atoms with Gasteiger partial charge in [0.05, 0.1) is 7.11 Å². The minimum atomic E-state index is 0.854. The smallest absolute Gasteiger partial charge is 0.119 e. The van der Waals surface area contributed by atoms with Gasteiger partial charge in [-0.15, -0.1) is 6.58 Å². The maximum absolute atomic E-state index is 5.07. The summed E-state index contributed by atoms with van der Waals surface area (Å²) in [7, 11) is 3.70. The van der Waals surface area contributed by atoms with Crippen LogP contribution < -0.4 is 9.64 Å². The molecule has 0 aliphatic carbocycles. The summed E-state index contributed by atoms with van der Waals surface area (Å²) in [5.41, 5.74) is 1.17. The summed E-state index contributed by atoms with van der Waals surface area (Å²) in [4.78, 5) is 2.12. The molecule has 0 spiro atoms. The number of methoxy groups -OCH3 is 1. The van der Waals surface area contributed by atoms with Gasteiger partial charge in [0.15, 0.2) is 0 Å². The van der Waals surface area contributed by atoms with Crippen LogP contribution in [-0.4, -0.2) is 20.7 Å². The summed E-state index contributed by atoms with van der Waals surface area (Å²) in [6.45, 7) is 4.55. The molecule has 0 bridgehead atoms. The molecule has 0 heterocycles. The predicted molar refractivity (Wildman–Crippen MR) is 56.5 cm³/mol. The topological polar surface area (TPSA) is 12.5 Å². The predicted octanol–water partition coefficient (Wildman–Crippen LogP) is 2.32. The van der Waals surface area contributed by atoms with Crippen LogP contribution in [0.25, 0.3) is 0 Å². The number of nitrogens with zero attached hydrogens (tertiary/aromatic N) is 1. The largest absolute Gasteiger partial charge is 0.497 e. The van der Waals surface area contributed by atoms with Crippen LogP contribution in [0.3, 0.4) is 0 Å². The lowest BCUT2D eigenvalue weighted by molar-refractivity contribution is 0.415. The highest BCUT2D eigenvalue weighted by Gasteiger charge is 1.97. The lowest BCUT2D eigenvalue weighted by Crippen LogP contribution is -2.16. The van der Waals surface area contributed by atoms with Crippen LogP contribution in [0.5, 0.6) is 5.75 Å². The monoisotopic (exact) mass is 177 g/mol. The van der Waals surface area contributed by atoms with Crippen molar-refractivity contribution >= 4 is 5.69 Å². The molecule has 0 saturated carbocycles. The number of anilines is 1. The quantitative estimate of drug-likeness (QED) is 0.654. The second kappa shape index (κ2) is 4.55. The summed E-state index contributed by atoms with van der Waals surface area (Å²) >= 11 is 0. The van der Waals surface area contributed by atoms with Gasteiger partial charge >= 0.3 is 0 Å². The molecule has 0 aliphatic rings. The highest BCUT2D eigenvalue weighted by Crippen LogP contribution is 2.17. The van der Waals surface area contributed by atoms with Gasteiger partial charge in [-0.1, -0.05) is 6.08 Å². The fourth-order valence-corrected chi connectivity index (χ4v) is 1.14. The van der Waals surface area contributed by atoms with Crippen molar-refractivity contribution in [2.45, 2.75) is 0 Å². The normalized spacial score (nSPS) is 9.38. The number of hydrogen-bond acceptors (Lipinski definition) is 2. The molecule has 0 radical (unpaired) electrons. The Morgan fingerprint density at radius 2 is 2.00 bits per heavy atom. The molecular formula is C11H15NO. The molecule has 1 rings (SSSR count). The standard InChI is InChI=1S/C11H15NO/c1-4-9-12(2)10-5-7-11(13-3)8-6-10/h4-8H,1,9H2,2-3H3. The van der Waals surface area contributed by atoms with Crippen LogP contribution in [0.15, 0.2) is 36.9 Å². The zero-order valence-electron chi connectivity index (χ0n) is 8.16. The SMILES string of the molecule is C=CCN(C)c1ccc(OC)cc1. The molecule has 2 heteroatoms. The van der Waals surface area contributed by atoms with Crippen LogP contribution in [0.4, 0.5) is 5.69 Å². The van der Waals surface area contributed by atoms with Crippen molar-refractivity contribution in [1.82, 2.24) is 0 Å². The summed E-state index contributed by atoms with van der Waals surface area (Å²) in [6, 6.07) is 7.97. The Morgan fingerprint density at radius 1 is 1.38 bits per heavy atom. The average molecular weight is 177 g/mol. The first-order valence-corrected chi connectivity index (χ1v) is 4.24. The molecule has 0 atom stereocenters. The van der Waals surface area contributed by atoms with Crippen molar-refractivity contribution in [2.24, 2.45) is 0 Å². The van der Waals surface area contributed by atoms with Crippen LogP contribution in [0.1, 0.15) is 0 Å². The van der Waals surface area contributed by atoms with Crippen LogP contribution in [0, 0.1) is 0 Å². The Labute approximate surface area is 79.4 Å². The number of ether oxygens (including phenoxy) is 1. The van der Waals surface area contributed by atoms with Crippen LogP contribution in [0.2, 0.25) is 0 Å². The minimum Gasteiger partial charge on any atom is -0.497 e. The first kappa shape index (κ1) is 9.65. The lowest BCUT2D eigenvalue weighted by Gasteiger charge is -2.16. The second-order valence-electron chi connectivity index (χ2n) is 2.87. The summed E-state index contributed by atoms with van der Waals surface area (Å²) in [5, 5.41) is 0. The third kappa shape index (κ3) is 2.51. The van der Waals surface area contributed by atoms with E-state index in [2.05, 4.69) is 11.5 Å². The molecule has 0 saturated heterocycles. The number of rotatable bonds is 4. The van der Waals surface area contributed by atoms with E-state index in [9.17, 15) is 0 Å². The summed E-state index contributed by atoms with van der Waals surface area (Å²) < 4.78 is 5.07. The molecular weight excluding hydrogens is 162 g/mol. The molecule has 0 aliphatic heterocycles. The van der Waals surface area contributed by atoms with Crippen LogP contribution in [-0.2, 0) is 0 Å². The van der Waals surface area contributed by atoms with Gasteiger partial charge in [-0.25, -0.2) is 0 Å². The molecule has 70 valence electrons. The second-order valence-corrected chi connectivity index (χ2v) is 2.87. The maximum atomic E-state index is 5.07. The van der Waals surface area contributed by atoms with Gasteiger partial charge in [0.1, 0.15) is 5.75 Å². The number of benzene rings is 1. The van der Waals surface area contributed by atoms with Crippen molar-refractivity contribution in [3.05, 3.63) is 36.9 Å². The fourth-order valence-electron chi connectivity index (χ4n) is 1.14. The minimum absolute atomic E-state index is 0.854. The summed E-state index contributed by atoms with van der Waals surface area (Å²) in [6.07, 6.45) is 1.88. The molecule has 13 heavy (non-hydrogen) atoms. The number of likely N-dealkylation sites (N-methyl/N-ethyl adjacent to an activating group) is 1. The van der Waals surface area contributed by atoms with Gasteiger partial charge in [-0.3, -0.25) is 0 Å². The van der Waals surface area contributed by atoms with Crippen LogP contribution >= 0.6 is 0 Å². The Bertz CT molecular complexity index is 266. The highest BCUT2D eigenvalue weighted by atomic mass is 16.5. The molecule has 2 nitrogen and oxygen atoms in total. The van der Waals surface area contributed by atoms with Crippen molar-refractivity contribution < 1.29 is 4.74 Å². The third-order valence-corrected chi connectivity index (χ3v) is 1.92. The molecule has 0 aromatic heterocycles. The zero-order valence-corrected chi connectivity index (χ0v) is 8.16. The molecule has 1 aromatic rings. The number of hydrogen-bond donors (Lipinski definition) is 0. The van der Waals surface area contributed by atoms with E-state index >= 15 is 0 Å². The van der Waals surface area contributed by atoms with Gasteiger partial charge in [0.25, 0.3) is 0 Å². The fraction of sp³-hybridized carbons (Fsp3) is 0.273. The molecule has 1 aromatic carbocycles. The Hall–Kier alpha value is -1.44. The first-order chi connectivity index (χ1) is 6.27. The Morgan fingerprint density at radius 3 is 2.46 bits per heavy atom. The van der Waals surface area contributed by atoms with E-state index in [4.69, 9.17) is 4.74 Å². The van der Waals surface area contributed by atoms with E-state index in [-0.39, 0.29) is 0 Å². The molecule has 0 fully saturated rings. The zero-order chi connectivity index (χ0) is 9.68. The lowest BCUT2D eigenvalue weighted by atomic mass is 10.3. The van der Waals surface area contributed by atoms with Gasteiger partial charge in [-0.05, 0) is 24.3 Å². The van der Waals surface area contributed by atoms with Crippen molar-refractivity contribution in [3.8, 4) is 5.75 Å². The van der Waals surface area contributed by atoms with E-state index in [1.807, 2.05) is 37.4 Å². The van der Waals surface area contributed by atoms with Crippen molar-refractivity contribution in [2.75, 3.05) is 25.6 Å². The van der Waals surface area contributed by atoms with Crippen molar-refractivity contribution in [1.29, 1.82) is 0 Å². The highest BCUT2D eigenvalue weighted by molar-refractivity contribution is 5.48. The third-order valence-electron chi connectivity index (χ3n) is 1.92. The van der Waals surface area contributed by atoms with Gasteiger partial charge in [0.2, 0.25) is 0 Å². The average Bonchev–Trinajstić information content (AvgIpc) is 2.18. The van der Waals surface area contributed by atoms with E-state index in [0.29, 0.717) is 0 Å². The Kier molecular flexibility index (Phi) is 3.38. The maximum Gasteiger partial charge on any atom is 0.119 e. The van der Waals surface area contributed by atoms with Gasteiger partial charge < -0.3 is 9.64 Å². The molecule has 0 amide bonds. The van der Waals surface area contributed by atoms with E-state index < -0.39 is 0 Å². The van der Waals surface area contributed by atoms with E-state index in [0.717, 1.165) is 12.3 Å².